The van der Waals surface area contributed by atoms with Crippen LogP contribution in [0.5, 0.6) is 0 Å². The SMILES string of the molecule is O=[N+]([O-])c1cc([C@@H](CCC(F)(F)F)N2CCNCC2)ccc1Br. The van der Waals surface area contributed by atoms with Crippen molar-refractivity contribution in [2.75, 3.05) is 26.2 Å². The van der Waals surface area contributed by atoms with Crippen molar-refractivity contribution in [3.8, 4) is 0 Å². The zero-order valence-electron chi connectivity index (χ0n) is 12.3. The average molecular weight is 396 g/mol. The number of benzene rings is 1. The molecule has 9 heteroatoms. The number of nitrogens with one attached hydrogen (secondary N) is 1. The number of hydrogen-bond acceptors (Lipinski definition) is 4. The molecule has 1 aliphatic heterocycles. The van der Waals surface area contributed by atoms with Crippen molar-refractivity contribution in [2.45, 2.75) is 25.1 Å². The molecule has 1 aromatic carbocycles. The van der Waals surface area contributed by atoms with Gasteiger partial charge in [-0.05, 0) is 34.0 Å². The first-order valence-corrected chi connectivity index (χ1v) is 8.02. The molecule has 0 amide bonds. The molecule has 1 fully saturated rings. The van der Waals surface area contributed by atoms with Crippen molar-refractivity contribution in [3.05, 3.63) is 38.3 Å². The third-order valence-corrected chi connectivity index (χ3v) is 4.52. The molecule has 1 atom stereocenters. The quantitative estimate of drug-likeness (QED) is 0.610. The van der Waals surface area contributed by atoms with E-state index in [9.17, 15) is 23.3 Å². The Balaban J connectivity index is 2.28. The first-order chi connectivity index (χ1) is 10.8. The Labute approximate surface area is 140 Å². The van der Waals surface area contributed by atoms with E-state index in [1.54, 1.807) is 6.07 Å². The first-order valence-electron chi connectivity index (χ1n) is 7.23. The van der Waals surface area contributed by atoms with E-state index in [0.717, 1.165) is 0 Å². The van der Waals surface area contributed by atoms with Gasteiger partial charge in [-0.15, -0.1) is 0 Å². The molecule has 0 radical (unpaired) electrons. The molecule has 0 spiro atoms. The van der Waals surface area contributed by atoms with Crippen LogP contribution in [0.2, 0.25) is 0 Å². The lowest BCUT2D eigenvalue weighted by atomic mass is 9.98. The Hall–Kier alpha value is -1.19. The first kappa shape index (κ1) is 18.2. The van der Waals surface area contributed by atoms with Crippen molar-refractivity contribution < 1.29 is 18.1 Å². The van der Waals surface area contributed by atoms with Crippen LogP contribution in [-0.2, 0) is 0 Å². The molecule has 0 unspecified atom stereocenters. The maximum atomic E-state index is 12.6. The summed E-state index contributed by atoms with van der Waals surface area (Å²) in [6.07, 6.45) is -5.26. The Morgan fingerprint density at radius 2 is 2.00 bits per heavy atom. The molecule has 1 N–H and O–H groups in total. The summed E-state index contributed by atoms with van der Waals surface area (Å²) in [5.41, 5.74) is 0.417. The van der Waals surface area contributed by atoms with E-state index in [0.29, 0.717) is 36.2 Å². The van der Waals surface area contributed by atoms with E-state index in [2.05, 4.69) is 21.2 Å². The molecule has 23 heavy (non-hydrogen) atoms. The summed E-state index contributed by atoms with van der Waals surface area (Å²) >= 11 is 3.10. The summed E-state index contributed by atoms with van der Waals surface area (Å²) in [5.74, 6) is 0. The molecule has 1 aliphatic rings. The third-order valence-electron chi connectivity index (χ3n) is 3.85. The molecule has 128 valence electrons. The molecule has 1 heterocycles. The van der Waals surface area contributed by atoms with Crippen molar-refractivity contribution >= 4 is 21.6 Å². The van der Waals surface area contributed by atoms with Gasteiger partial charge in [0.2, 0.25) is 0 Å². The number of hydrogen-bond donors (Lipinski definition) is 1. The lowest BCUT2D eigenvalue weighted by Gasteiger charge is -2.35. The van der Waals surface area contributed by atoms with E-state index in [4.69, 9.17) is 0 Å². The maximum absolute atomic E-state index is 12.6. The van der Waals surface area contributed by atoms with Gasteiger partial charge in [-0.25, -0.2) is 0 Å². The predicted octanol–water partition coefficient (Wildman–Crippen LogP) is 3.65. The molecule has 0 aliphatic carbocycles. The Morgan fingerprint density at radius 3 is 2.57 bits per heavy atom. The van der Waals surface area contributed by atoms with Crippen LogP contribution in [0.3, 0.4) is 0 Å². The second-order valence-corrected chi connectivity index (χ2v) is 6.28. The number of nitro benzene ring substituents is 1. The fourth-order valence-electron chi connectivity index (χ4n) is 2.73. The minimum atomic E-state index is -4.24. The second-order valence-electron chi connectivity index (χ2n) is 5.42. The highest BCUT2D eigenvalue weighted by Gasteiger charge is 2.32. The zero-order valence-corrected chi connectivity index (χ0v) is 13.9. The molecule has 1 aromatic rings. The number of piperazine rings is 1. The summed E-state index contributed by atoms with van der Waals surface area (Å²) in [6, 6.07) is 4.06. The minimum absolute atomic E-state index is 0.109. The molecule has 5 nitrogen and oxygen atoms in total. The largest absolute Gasteiger partial charge is 0.389 e. The normalized spacial score (nSPS) is 17.9. The summed E-state index contributed by atoms with van der Waals surface area (Å²) in [7, 11) is 0. The molecular formula is C14H17BrF3N3O2. The van der Waals surface area contributed by atoms with Gasteiger partial charge in [-0.1, -0.05) is 6.07 Å². The number of halogens is 4. The fraction of sp³-hybridized carbons (Fsp3) is 0.571. The van der Waals surface area contributed by atoms with Crippen LogP contribution in [0.4, 0.5) is 18.9 Å². The van der Waals surface area contributed by atoms with Gasteiger partial charge in [0.05, 0.1) is 9.40 Å². The maximum Gasteiger partial charge on any atom is 0.389 e. The van der Waals surface area contributed by atoms with Crippen LogP contribution in [-0.4, -0.2) is 42.2 Å². The highest BCUT2D eigenvalue weighted by atomic mass is 79.9. The van der Waals surface area contributed by atoms with E-state index >= 15 is 0 Å². The number of rotatable bonds is 5. The lowest BCUT2D eigenvalue weighted by molar-refractivity contribution is -0.385. The van der Waals surface area contributed by atoms with E-state index in [1.807, 2.05) is 4.90 Å². The second kappa shape index (κ2) is 7.59. The topological polar surface area (TPSA) is 58.4 Å². The van der Waals surface area contributed by atoms with Crippen LogP contribution in [0.25, 0.3) is 0 Å². The number of nitro groups is 1. The third kappa shape index (κ3) is 5.15. The van der Waals surface area contributed by atoms with E-state index < -0.39 is 23.6 Å². The summed E-state index contributed by atoms with van der Waals surface area (Å²) in [5, 5.41) is 14.2. The standard InChI is InChI=1S/C14H17BrF3N3O2/c15-11-2-1-10(9-13(11)21(22)23)12(3-4-14(16,17)18)20-7-5-19-6-8-20/h1-2,9,12,19H,3-8H2/t12-/m1/s1. The Morgan fingerprint density at radius 1 is 1.35 bits per heavy atom. The van der Waals surface area contributed by atoms with Gasteiger partial charge in [0.15, 0.2) is 0 Å². The van der Waals surface area contributed by atoms with Gasteiger partial charge < -0.3 is 5.32 Å². The van der Waals surface area contributed by atoms with Crippen LogP contribution in [0.1, 0.15) is 24.4 Å². The molecular weight excluding hydrogens is 379 g/mol. The smallest absolute Gasteiger partial charge is 0.314 e. The molecule has 2 rings (SSSR count). The fourth-order valence-corrected chi connectivity index (χ4v) is 3.12. The van der Waals surface area contributed by atoms with Crippen LogP contribution < -0.4 is 5.32 Å². The predicted molar refractivity (Wildman–Crippen MR) is 83.3 cm³/mol. The average Bonchev–Trinajstić information content (AvgIpc) is 2.48. The van der Waals surface area contributed by atoms with E-state index in [1.165, 1.54) is 12.1 Å². The van der Waals surface area contributed by atoms with Gasteiger partial charge in [0, 0.05) is 44.7 Å². The van der Waals surface area contributed by atoms with Gasteiger partial charge in [-0.2, -0.15) is 13.2 Å². The van der Waals surface area contributed by atoms with Gasteiger partial charge in [0.1, 0.15) is 0 Å². The monoisotopic (exact) mass is 395 g/mol. The summed E-state index contributed by atoms with van der Waals surface area (Å²) in [4.78, 5) is 12.5. The van der Waals surface area contributed by atoms with Gasteiger partial charge in [-0.3, -0.25) is 15.0 Å². The number of alkyl halides is 3. The van der Waals surface area contributed by atoms with Crippen molar-refractivity contribution in [1.82, 2.24) is 10.2 Å². The molecule has 1 saturated heterocycles. The van der Waals surface area contributed by atoms with Gasteiger partial charge in [0.25, 0.3) is 5.69 Å². The van der Waals surface area contributed by atoms with Crippen LogP contribution >= 0.6 is 15.9 Å². The highest BCUT2D eigenvalue weighted by molar-refractivity contribution is 9.10. The van der Waals surface area contributed by atoms with Crippen LogP contribution in [0, 0.1) is 10.1 Å². The molecule has 0 aromatic heterocycles. The van der Waals surface area contributed by atoms with Crippen LogP contribution in [0.15, 0.2) is 22.7 Å². The highest BCUT2D eigenvalue weighted by Crippen LogP contribution is 2.35. The molecule has 0 bridgehead atoms. The van der Waals surface area contributed by atoms with Crippen molar-refractivity contribution in [2.24, 2.45) is 0 Å². The van der Waals surface area contributed by atoms with Crippen molar-refractivity contribution in [1.29, 1.82) is 0 Å². The number of nitrogens with zero attached hydrogens (tertiary/aromatic N) is 2. The molecule has 0 saturated carbocycles. The van der Waals surface area contributed by atoms with Crippen molar-refractivity contribution in [3.63, 3.8) is 0 Å². The van der Waals surface area contributed by atoms with E-state index in [-0.39, 0.29) is 12.1 Å². The summed E-state index contributed by atoms with van der Waals surface area (Å²) < 4.78 is 38.2. The Kier molecular flexibility index (Phi) is 5.99. The van der Waals surface area contributed by atoms with Gasteiger partial charge >= 0.3 is 6.18 Å². The Bertz CT molecular complexity index is 563. The zero-order chi connectivity index (χ0) is 17.0. The summed E-state index contributed by atoms with van der Waals surface area (Å²) in [6.45, 7) is 2.63. The minimum Gasteiger partial charge on any atom is -0.314 e. The lowest BCUT2D eigenvalue weighted by Crippen LogP contribution is -2.45.